The minimum absolute atomic E-state index is 0.129. The van der Waals surface area contributed by atoms with E-state index in [4.69, 9.17) is 0 Å². The van der Waals surface area contributed by atoms with E-state index in [-0.39, 0.29) is 17.3 Å². The predicted molar refractivity (Wildman–Crippen MR) is 102 cm³/mol. The number of nitrogens with one attached hydrogen (secondary N) is 2. The largest absolute Gasteiger partial charge is 0.309 e. The Balaban J connectivity index is 1.60. The molecule has 0 saturated carbocycles. The Hall–Kier alpha value is -1.69. The molecule has 1 fully saturated rings. The molecule has 0 aliphatic carbocycles. The molecule has 0 unspecified atom stereocenters. The molecule has 1 heterocycles. The van der Waals surface area contributed by atoms with Crippen LogP contribution in [-0.4, -0.2) is 38.6 Å². The average molecular weight is 359 g/mol. The molecule has 0 bridgehead atoms. The molecule has 0 spiro atoms. The van der Waals surface area contributed by atoms with Gasteiger partial charge in [0.05, 0.1) is 17.5 Å². The first-order valence-corrected chi connectivity index (χ1v) is 10.6. The molecule has 4 nitrogen and oxygen atoms in total. The van der Waals surface area contributed by atoms with Crippen molar-refractivity contribution < 1.29 is 8.42 Å². The van der Waals surface area contributed by atoms with Crippen LogP contribution in [0.15, 0.2) is 60.7 Å². The second kappa shape index (κ2) is 7.68. The van der Waals surface area contributed by atoms with Gasteiger partial charge in [0, 0.05) is 18.6 Å². The van der Waals surface area contributed by atoms with Crippen molar-refractivity contribution >= 4 is 9.84 Å². The first kappa shape index (κ1) is 18.1. The van der Waals surface area contributed by atoms with Gasteiger partial charge in [-0.2, -0.15) is 0 Å². The smallest absolute Gasteiger partial charge is 0.152 e. The topological polar surface area (TPSA) is 58.2 Å². The van der Waals surface area contributed by atoms with Crippen LogP contribution < -0.4 is 10.6 Å². The monoisotopic (exact) mass is 358 g/mol. The SMILES string of the molecule is C[C@]1(NCCNC(c2ccccc2)c2ccccc2)CCS(=O)(=O)C1. The van der Waals surface area contributed by atoms with Crippen molar-refractivity contribution in [2.75, 3.05) is 24.6 Å². The highest BCUT2D eigenvalue weighted by Crippen LogP contribution is 2.23. The van der Waals surface area contributed by atoms with Crippen LogP contribution in [0.25, 0.3) is 0 Å². The molecule has 1 saturated heterocycles. The highest BCUT2D eigenvalue weighted by atomic mass is 32.2. The summed E-state index contributed by atoms with van der Waals surface area (Å²) in [5, 5.41) is 7.03. The first-order valence-electron chi connectivity index (χ1n) is 8.76. The normalized spacial score (nSPS) is 22.3. The lowest BCUT2D eigenvalue weighted by atomic mass is 9.98. The molecule has 5 heteroatoms. The lowest BCUT2D eigenvalue weighted by Gasteiger charge is -2.25. The Morgan fingerprint density at radius 2 is 1.52 bits per heavy atom. The van der Waals surface area contributed by atoms with E-state index in [2.05, 4.69) is 59.2 Å². The third-order valence-corrected chi connectivity index (χ3v) is 6.70. The summed E-state index contributed by atoms with van der Waals surface area (Å²) in [6.07, 6.45) is 0.691. The van der Waals surface area contributed by atoms with Crippen LogP contribution in [-0.2, 0) is 9.84 Å². The van der Waals surface area contributed by atoms with Crippen molar-refractivity contribution in [3.8, 4) is 0 Å². The molecule has 1 aliphatic heterocycles. The van der Waals surface area contributed by atoms with Crippen molar-refractivity contribution in [3.05, 3.63) is 71.8 Å². The van der Waals surface area contributed by atoms with Gasteiger partial charge >= 0.3 is 0 Å². The molecule has 3 rings (SSSR count). The number of hydrogen-bond acceptors (Lipinski definition) is 4. The van der Waals surface area contributed by atoms with Crippen LogP contribution in [0.1, 0.15) is 30.5 Å². The van der Waals surface area contributed by atoms with Crippen LogP contribution in [0, 0.1) is 0 Å². The van der Waals surface area contributed by atoms with Crippen molar-refractivity contribution in [1.82, 2.24) is 10.6 Å². The quantitative estimate of drug-likeness (QED) is 0.747. The van der Waals surface area contributed by atoms with Crippen molar-refractivity contribution in [3.63, 3.8) is 0 Å². The number of hydrogen-bond donors (Lipinski definition) is 2. The van der Waals surface area contributed by atoms with Crippen LogP contribution >= 0.6 is 0 Å². The number of benzene rings is 2. The van der Waals surface area contributed by atoms with Gasteiger partial charge in [-0.05, 0) is 24.5 Å². The van der Waals surface area contributed by atoms with Gasteiger partial charge in [0.15, 0.2) is 9.84 Å². The van der Waals surface area contributed by atoms with Gasteiger partial charge in [0.1, 0.15) is 0 Å². The van der Waals surface area contributed by atoms with Crippen LogP contribution in [0.4, 0.5) is 0 Å². The van der Waals surface area contributed by atoms with Crippen LogP contribution in [0.2, 0.25) is 0 Å². The third kappa shape index (κ3) is 4.91. The van der Waals surface area contributed by atoms with Gasteiger partial charge in [0.25, 0.3) is 0 Å². The molecule has 1 aliphatic rings. The summed E-state index contributed by atoms with van der Waals surface area (Å²) in [4.78, 5) is 0. The molecule has 2 N–H and O–H groups in total. The Morgan fingerprint density at radius 3 is 2.00 bits per heavy atom. The fourth-order valence-electron chi connectivity index (χ4n) is 3.45. The van der Waals surface area contributed by atoms with Gasteiger partial charge < -0.3 is 10.6 Å². The molecule has 2 aromatic rings. The number of rotatable bonds is 7. The minimum Gasteiger partial charge on any atom is -0.309 e. The van der Waals surface area contributed by atoms with E-state index in [1.165, 1.54) is 11.1 Å². The molecule has 0 amide bonds. The molecular weight excluding hydrogens is 332 g/mol. The number of sulfone groups is 1. The standard InChI is InChI=1S/C20H26N2O2S/c1-20(12-15-25(23,24)16-20)22-14-13-21-19(17-8-4-2-5-9-17)18-10-6-3-7-11-18/h2-11,19,21-22H,12-16H2,1H3/t20-/m0/s1. The lowest BCUT2D eigenvalue weighted by molar-refractivity contribution is 0.391. The summed E-state index contributed by atoms with van der Waals surface area (Å²) in [6, 6.07) is 20.9. The first-order chi connectivity index (χ1) is 12.0. The Labute approximate surface area is 150 Å². The van der Waals surface area contributed by atoms with Gasteiger partial charge in [-0.3, -0.25) is 0 Å². The van der Waals surface area contributed by atoms with Crippen molar-refractivity contribution in [1.29, 1.82) is 0 Å². The van der Waals surface area contributed by atoms with Crippen molar-refractivity contribution in [2.24, 2.45) is 0 Å². The average Bonchev–Trinajstić information content (AvgIpc) is 2.90. The zero-order chi connectivity index (χ0) is 17.8. The maximum atomic E-state index is 11.7. The zero-order valence-corrected chi connectivity index (χ0v) is 15.4. The predicted octanol–water partition coefficient (Wildman–Crippen LogP) is 2.53. The molecule has 0 radical (unpaired) electrons. The van der Waals surface area contributed by atoms with Crippen molar-refractivity contribution in [2.45, 2.75) is 24.9 Å². The molecule has 0 aromatic heterocycles. The fraction of sp³-hybridized carbons (Fsp3) is 0.400. The second-order valence-corrected chi connectivity index (χ2v) is 9.22. The zero-order valence-electron chi connectivity index (χ0n) is 14.6. The summed E-state index contributed by atoms with van der Waals surface area (Å²) in [5.41, 5.74) is 2.15. The van der Waals surface area contributed by atoms with Gasteiger partial charge in [-0.25, -0.2) is 8.42 Å². The summed E-state index contributed by atoms with van der Waals surface area (Å²) < 4.78 is 23.4. The minimum atomic E-state index is -2.88. The van der Waals surface area contributed by atoms with E-state index in [1.54, 1.807) is 0 Å². The van der Waals surface area contributed by atoms with Gasteiger partial charge in [0.2, 0.25) is 0 Å². The molecule has 1 atom stereocenters. The summed E-state index contributed by atoms with van der Waals surface area (Å²) in [6.45, 7) is 3.51. The highest BCUT2D eigenvalue weighted by Gasteiger charge is 2.37. The summed E-state index contributed by atoms with van der Waals surface area (Å²) in [7, 11) is -2.88. The Morgan fingerprint density at radius 1 is 0.960 bits per heavy atom. The van der Waals surface area contributed by atoms with E-state index in [0.29, 0.717) is 12.2 Å². The second-order valence-electron chi connectivity index (χ2n) is 7.04. The fourth-order valence-corrected chi connectivity index (χ4v) is 5.57. The van der Waals surface area contributed by atoms with E-state index in [9.17, 15) is 8.42 Å². The molecular formula is C20H26N2O2S. The van der Waals surface area contributed by atoms with Gasteiger partial charge in [-0.1, -0.05) is 60.7 Å². The van der Waals surface area contributed by atoms with E-state index < -0.39 is 9.84 Å². The maximum Gasteiger partial charge on any atom is 0.152 e. The highest BCUT2D eigenvalue weighted by molar-refractivity contribution is 7.91. The Kier molecular flexibility index (Phi) is 5.57. The molecule has 2 aromatic carbocycles. The third-order valence-electron chi connectivity index (χ3n) is 4.79. The summed E-state index contributed by atoms with van der Waals surface area (Å²) in [5.74, 6) is 0.529. The molecule has 25 heavy (non-hydrogen) atoms. The summed E-state index contributed by atoms with van der Waals surface area (Å²) >= 11 is 0. The lowest BCUT2D eigenvalue weighted by Crippen LogP contribution is -2.46. The molecule has 134 valence electrons. The Bertz CT molecular complexity index is 738. The van der Waals surface area contributed by atoms with E-state index in [1.807, 2.05) is 19.1 Å². The maximum absolute atomic E-state index is 11.7. The van der Waals surface area contributed by atoms with E-state index >= 15 is 0 Å². The van der Waals surface area contributed by atoms with Crippen LogP contribution in [0.3, 0.4) is 0 Å². The van der Waals surface area contributed by atoms with Gasteiger partial charge in [-0.15, -0.1) is 0 Å². The van der Waals surface area contributed by atoms with E-state index in [0.717, 1.165) is 13.1 Å². The van der Waals surface area contributed by atoms with Crippen LogP contribution in [0.5, 0.6) is 0 Å².